The molecule has 27 heavy (non-hydrogen) atoms. The van der Waals surface area contributed by atoms with Crippen molar-refractivity contribution in [2.75, 3.05) is 0 Å². The lowest BCUT2D eigenvalue weighted by atomic mass is 9.93. The molecule has 0 saturated heterocycles. The molecule has 1 atom stereocenters. The van der Waals surface area contributed by atoms with Gasteiger partial charge in [0.1, 0.15) is 0 Å². The van der Waals surface area contributed by atoms with Crippen molar-refractivity contribution in [1.29, 1.82) is 0 Å². The van der Waals surface area contributed by atoms with Crippen LogP contribution in [-0.4, -0.2) is 18.1 Å². The average Bonchev–Trinajstić information content (AvgIpc) is 2.58. The van der Waals surface area contributed by atoms with E-state index in [-0.39, 0.29) is 11.7 Å². The first-order chi connectivity index (χ1) is 12.6. The Labute approximate surface area is 156 Å². The summed E-state index contributed by atoms with van der Waals surface area (Å²) in [6.45, 7) is 5.38. The van der Waals surface area contributed by atoms with Gasteiger partial charge >= 0.3 is 18.2 Å². The number of rotatable bonds is 6. The lowest BCUT2D eigenvalue weighted by Crippen LogP contribution is -2.46. The highest BCUT2D eigenvalue weighted by Gasteiger charge is 2.35. The third-order valence-corrected chi connectivity index (χ3v) is 4.07. The van der Waals surface area contributed by atoms with Crippen molar-refractivity contribution >= 4 is 12.0 Å². The van der Waals surface area contributed by atoms with Crippen molar-refractivity contribution in [3.05, 3.63) is 46.7 Å². The van der Waals surface area contributed by atoms with E-state index in [1.807, 2.05) is 6.92 Å². The number of carbonyl (C=O) groups excluding carboxylic acids is 2. The van der Waals surface area contributed by atoms with Gasteiger partial charge in [0.05, 0.1) is 23.3 Å². The fourth-order valence-electron chi connectivity index (χ4n) is 2.80. The molecule has 8 heteroatoms. The number of amides is 2. The van der Waals surface area contributed by atoms with E-state index in [1.165, 1.54) is 12.1 Å². The number of unbranched alkanes of at least 4 members (excludes halogenated alkanes) is 1. The summed E-state index contributed by atoms with van der Waals surface area (Å²) in [5.74, 6) is -0.603. The van der Waals surface area contributed by atoms with Crippen LogP contribution >= 0.6 is 0 Å². The highest BCUT2D eigenvalue weighted by atomic mass is 19.4. The Morgan fingerprint density at radius 3 is 2.37 bits per heavy atom. The first kappa shape index (κ1) is 20.8. The van der Waals surface area contributed by atoms with Crippen molar-refractivity contribution in [3.8, 4) is 0 Å². The van der Waals surface area contributed by atoms with Gasteiger partial charge in [0.15, 0.2) is 0 Å². The molecule has 0 saturated carbocycles. The molecule has 0 aliphatic carbocycles. The zero-order valence-corrected chi connectivity index (χ0v) is 15.4. The molecule has 1 aliphatic rings. The Hall–Kier alpha value is -2.51. The fraction of sp³-hybridized carbons (Fsp3) is 0.474. The van der Waals surface area contributed by atoms with Gasteiger partial charge in [-0.15, -0.1) is 0 Å². The van der Waals surface area contributed by atoms with Crippen LogP contribution in [0.5, 0.6) is 0 Å². The summed E-state index contributed by atoms with van der Waals surface area (Å²) in [7, 11) is 0. The number of esters is 1. The van der Waals surface area contributed by atoms with E-state index in [2.05, 4.69) is 10.6 Å². The van der Waals surface area contributed by atoms with Gasteiger partial charge in [-0.1, -0.05) is 25.5 Å². The second-order valence-corrected chi connectivity index (χ2v) is 6.60. The molecule has 2 rings (SSSR count). The number of allylic oxidation sites excluding steroid dienone is 1. The number of urea groups is 1. The molecule has 1 aliphatic heterocycles. The van der Waals surface area contributed by atoms with Gasteiger partial charge in [0, 0.05) is 5.70 Å². The van der Waals surface area contributed by atoms with Crippen LogP contribution in [0, 0.1) is 0 Å². The molecule has 0 bridgehead atoms. The van der Waals surface area contributed by atoms with Crippen LogP contribution in [0.2, 0.25) is 0 Å². The molecular weight excluding hydrogens is 361 g/mol. The number of ether oxygens (including phenoxy) is 1. The molecule has 0 fully saturated rings. The minimum atomic E-state index is -4.46. The summed E-state index contributed by atoms with van der Waals surface area (Å²) in [6, 6.07) is 3.01. The maximum Gasteiger partial charge on any atom is 0.416 e. The quantitative estimate of drug-likeness (QED) is 0.712. The number of halogens is 3. The van der Waals surface area contributed by atoms with E-state index in [4.69, 9.17) is 4.74 Å². The molecule has 1 heterocycles. The van der Waals surface area contributed by atoms with Crippen molar-refractivity contribution in [2.24, 2.45) is 0 Å². The maximum atomic E-state index is 12.8. The van der Waals surface area contributed by atoms with Crippen LogP contribution < -0.4 is 10.6 Å². The largest absolute Gasteiger partial charge is 0.459 e. The summed E-state index contributed by atoms with van der Waals surface area (Å²) >= 11 is 0. The Kier molecular flexibility index (Phi) is 6.51. The van der Waals surface area contributed by atoms with Crippen LogP contribution in [0.15, 0.2) is 35.5 Å². The summed E-state index contributed by atoms with van der Waals surface area (Å²) in [6.07, 6.45) is -2.78. The minimum absolute atomic E-state index is 0.219. The summed E-state index contributed by atoms with van der Waals surface area (Å²) in [5.41, 5.74) is 0.239. The average molecular weight is 384 g/mol. The van der Waals surface area contributed by atoms with E-state index < -0.39 is 29.8 Å². The lowest BCUT2D eigenvalue weighted by molar-refractivity contribution is -0.143. The summed E-state index contributed by atoms with van der Waals surface area (Å²) < 4.78 is 43.7. The zero-order chi connectivity index (χ0) is 20.2. The SMILES string of the molecule is CCCCC1=C(C(=O)OC(C)C)C(c2ccc(C(F)(F)F)cc2)NC(=O)N1. The smallest absolute Gasteiger partial charge is 0.416 e. The van der Waals surface area contributed by atoms with Gasteiger partial charge in [-0.2, -0.15) is 13.2 Å². The normalized spacial score (nSPS) is 17.6. The highest BCUT2D eigenvalue weighted by molar-refractivity contribution is 5.95. The van der Waals surface area contributed by atoms with E-state index >= 15 is 0 Å². The van der Waals surface area contributed by atoms with E-state index in [0.717, 1.165) is 25.0 Å². The Morgan fingerprint density at radius 2 is 1.85 bits per heavy atom. The molecule has 2 amide bonds. The number of hydrogen-bond acceptors (Lipinski definition) is 3. The molecule has 0 aromatic heterocycles. The van der Waals surface area contributed by atoms with Crippen LogP contribution in [0.1, 0.15) is 57.2 Å². The summed E-state index contributed by atoms with van der Waals surface area (Å²) in [4.78, 5) is 24.7. The lowest BCUT2D eigenvalue weighted by Gasteiger charge is -2.30. The molecule has 1 unspecified atom stereocenters. The van der Waals surface area contributed by atoms with Gasteiger partial charge in [-0.05, 0) is 44.4 Å². The Morgan fingerprint density at radius 1 is 1.22 bits per heavy atom. The maximum absolute atomic E-state index is 12.8. The molecule has 5 nitrogen and oxygen atoms in total. The second kappa shape index (κ2) is 8.45. The highest BCUT2D eigenvalue weighted by Crippen LogP contribution is 2.33. The molecular formula is C19H23F3N2O3. The van der Waals surface area contributed by atoms with Gasteiger partial charge in [-0.25, -0.2) is 9.59 Å². The Bertz CT molecular complexity index is 725. The molecule has 148 valence electrons. The standard InChI is InChI=1S/C19H23F3N2O3/c1-4-5-6-14-15(17(25)27-11(2)3)16(24-18(26)23-14)12-7-9-13(10-8-12)19(20,21)22/h7-11,16H,4-6H2,1-3H3,(H2,23,24,26). The number of carbonyl (C=O) groups is 2. The third kappa shape index (κ3) is 5.24. The van der Waals surface area contributed by atoms with Crippen molar-refractivity contribution < 1.29 is 27.5 Å². The van der Waals surface area contributed by atoms with E-state index in [0.29, 0.717) is 17.7 Å². The number of benzene rings is 1. The van der Waals surface area contributed by atoms with Crippen molar-refractivity contribution in [3.63, 3.8) is 0 Å². The van der Waals surface area contributed by atoms with E-state index in [1.54, 1.807) is 13.8 Å². The van der Waals surface area contributed by atoms with Gasteiger partial charge < -0.3 is 15.4 Å². The van der Waals surface area contributed by atoms with Crippen LogP contribution in [0.4, 0.5) is 18.0 Å². The first-order valence-corrected chi connectivity index (χ1v) is 8.82. The summed E-state index contributed by atoms with van der Waals surface area (Å²) in [5, 5.41) is 5.25. The molecule has 0 radical (unpaired) electrons. The monoisotopic (exact) mass is 384 g/mol. The first-order valence-electron chi connectivity index (χ1n) is 8.82. The third-order valence-electron chi connectivity index (χ3n) is 4.07. The van der Waals surface area contributed by atoms with Crippen molar-refractivity contribution in [2.45, 2.75) is 58.4 Å². The van der Waals surface area contributed by atoms with Gasteiger partial charge in [0.2, 0.25) is 0 Å². The second-order valence-electron chi connectivity index (χ2n) is 6.60. The van der Waals surface area contributed by atoms with Crippen LogP contribution in [0.25, 0.3) is 0 Å². The van der Waals surface area contributed by atoms with Crippen LogP contribution in [-0.2, 0) is 15.7 Å². The molecule has 0 spiro atoms. The van der Waals surface area contributed by atoms with Crippen LogP contribution in [0.3, 0.4) is 0 Å². The molecule has 1 aromatic carbocycles. The van der Waals surface area contributed by atoms with Gasteiger partial charge in [0.25, 0.3) is 0 Å². The predicted octanol–water partition coefficient (Wildman–Crippen LogP) is 4.46. The minimum Gasteiger partial charge on any atom is -0.459 e. The molecule has 1 aromatic rings. The zero-order valence-electron chi connectivity index (χ0n) is 15.4. The predicted molar refractivity (Wildman–Crippen MR) is 93.6 cm³/mol. The fourth-order valence-corrected chi connectivity index (χ4v) is 2.80. The van der Waals surface area contributed by atoms with E-state index in [9.17, 15) is 22.8 Å². The topological polar surface area (TPSA) is 67.4 Å². The number of nitrogens with one attached hydrogen (secondary N) is 2. The number of alkyl halides is 3. The van der Waals surface area contributed by atoms with Gasteiger partial charge in [-0.3, -0.25) is 0 Å². The molecule has 2 N–H and O–H groups in total. The number of hydrogen-bond donors (Lipinski definition) is 2. The van der Waals surface area contributed by atoms with Crippen molar-refractivity contribution in [1.82, 2.24) is 10.6 Å². The Balaban J connectivity index is 2.46.